The van der Waals surface area contributed by atoms with E-state index in [4.69, 9.17) is 8.83 Å². The molecule has 0 unspecified atom stereocenters. The largest absolute Gasteiger partial charge is 0.456 e. The Kier molecular flexibility index (Phi) is 7.37. The number of para-hydroxylation sites is 4. The first kappa shape index (κ1) is 33.8. The first-order chi connectivity index (χ1) is 29.0. The first-order valence-electron chi connectivity index (χ1n) is 20.6. The lowest BCUT2D eigenvalue weighted by Gasteiger charge is -2.36. The molecule has 3 heterocycles. The van der Waals surface area contributed by atoms with Crippen molar-refractivity contribution in [1.29, 1.82) is 0 Å². The number of fused-ring (bicyclic) bond motifs is 10. The van der Waals surface area contributed by atoms with Crippen molar-refractivity contribution in [2.75, 3.05) is 9.80 Å². The number of hydrogen-bond donors (Lipinski definition) is 0. The Morgan fingerprint density at radius 1 is 0.458 bits per heavy atom. The van der Waals surface area contributed by atoms with Gasteiger partial charge in [0.2, 0.25) is 0 Å². The van der Waals surface area contributed by atoms with E-state index in [1.807, 2.05) is 0 Å². The summed E-state index contributed by atoms with van der Waals surface area (Å²) in [6.45, 7) is 6.82. The standard InChI is InChI=1S/C55H40N2O2/c1-33(2)42-15-7-10-18-49(42)56(39-13-5-4-6-14-39)40-23-21-35-27-45-47-31-55-48(32-54(47)58-52(45)29-37(35)25-40)46-28-36-22-24-41(26-38(36)30-53(46)59-55)57-50-19-11-8-16-43(50)34(3)44-17-9-12-20-51(44)57/h4-34H,1-3H3. The topological polar surface area (TPSA) is 32.8 Å². The van der Waals surface area contributed by atoms with Crippen molar-refractivity contribution in [3.05, 3.63) is 193 Å². The van der Waals surface area contributed by atoms with Gasteiger partial charge in [-0.2, -0.15) is 0 Å². The fourth-order valence-corrected chi connectivity index (χ4v) is 9.66. The third-order valence-electron chi connectivity index (χ3n) is 12.6. The molecule has 0 radical (unpaired) electrons. The summed E-state index contributed by atoms with van der Waals surface area (Å²) in [5.41, 5.74) is 14.5. The van der Waals surface area contributed by atoms with Crippen LogP contribution in [0.15, 0.2) is 185 Å². The van der Waals surface area contributed by atoms with E-state index >= 15 is 0 Å². The van der Waals surface area contributed by atoms with E-state index in [1.165, 1.54) is 39.1 Å². The molecule has 0 amide bonds. The Morgan fingerprint density at radius 3 is 1.63 bits per heavy atom. The van der Waals surface area contributed by atoms with Gasteiger partial charge < -0.3 is 18.6 Å². The molecule has 0 aliphatic carbocycles. The highest BCUT2D eigenvalue weighted by atomic mass is 16.3. The lowest BCUT2D eigenvalue weighted by molar-refractivity contribution is 0.664. The summed E-state index contributed by atoms with van der Waals surface area (Å²) in [6, 6.07) is 63.7. The molecule has 0 spiro atoms. The van der Waals surface area contributed by atoms with Crippen LogP contribution in [0.5, 0.6) is 0 Å². The van der Waals surface area contributed by atoms with Crippen LogP contribution in [0, 0.1) is 0 Å². The molecule has 4 nitrogen and oxygen atoms in total. The summed E-state index contributed by atoms with van der Waals surface area (Å²) in [7, 11) is 0. The van der Waals surface area contributed by atoms with Gasteiger partial charge in [-0.05, 0) is 135 Å². The van der Waals surface area contributed by atoms with Crippen LogP contribution in [0.25, 0.3) is 65.4 Å². The van der Waals surface area contributed by atoms with Gasteiger partial charge >= 0.3 is 0 Å². The number of benzene rings is 9. The monoisotopic (exact) mass is 760 g/mol. The van der Waals surface area contributed by atoms with Crippen LogP contribution < -0.4 is 9.80 Å². The summed E-state index contributed by atoms with van der Waals surface area (Å²) in [5.74, 6) is 0.704. The molecule has 2 aromatic heterocycles. The predicted octanol–water partition coefficient (Wildman–Crippen LogP) is 16.3. The molecule has 4 heteroatoms. The molecule has 11 aromatic rings. The van der Waals surface area contributed by atoms with Crippen molar-refractivity contribution >= 4 is 99.5 Å². The molecule has 12 rings (SSSR count). The molecule has 0 N–H and O–H groups in total. The fraction of sp³-hybridized carbons (Fsp3) is 0.0909. The van der Waals surface area contributed by atoms with E-state index in [1.54, 1.807) is 0 Å². The van der Waals surface area contributed by atoms with Gasteiger partial charge in [0, 0.05) is 61.6 Å². The number of nitrogens with zero attached hydrogens (tertiary/aromatic N) is 2. The third kappa shape index (κ3) is 5.23. The quantitative estimate of drug-likeness (QED) is 0.175. The first-order valence-corrected chi connectivity index (χ1v) is 20.6. The van der Waals surface area contributed by atoms with Crippen LogP contribution in [-0.2, 0) is 0 Å². The maximum Gasteiger partial charge on any atom is 0.136 e. The normalized spacial score (nSPS) is 13.1. The van der Waals surface area contributed by atoms with Crippen LogP contribution >= 0.6 is 0 Å². The molecule has 0 saturated heterocycles. The molecule has 9 aromatic carbocycles. The van der Waals surface area contributed by atoms with Gasteiger partial charge in [0.25, 0.3) is 0 Å². The van der Waals surface area contributed by atoms with Gasteiger partial charge in [0.05, 0.1) is 0 Å². The zero-order valence-corrected chi connectivity index (χ0v) is 33.1. The van der Waals surface area contributed by atoms with E-state index in [0.29, 0.717) is 11.8 Å². The van der Waals surface area contributed by atoms with E-state index in [-0.39, 0.29) is 0 Å². The summed E-state index contributed by atoms with van der Waals surface area (Å²) in [4.78, 5) is 4.77. The summed E-state index contributed by atoms with van der Waals surface area (Å²) < 4.78 is 13.4. The van der Waals surface area contributed by atoms with E-state index in [0.717, 1.165) is 77.1 Å². The van der Waals surface area contributed by atoms with Crippen LogP contribution in [0.4, 0.5) is 34.1 Å². The van der Waals surface area contributed by atoms with Gasteiger partial charge in [0.15, 0.2) is 0 Å². The SMILES string of the molecule is CC(C)c1ccccc1N(c1ccccc1)c1ccc2cc3c(cc2c1)oc1cc2c(cc13)oc1cc3cc(N4c5ccccc5C(C)c5ccccc54)ccc3cc12. The lowest BCUT2D eigenvalue weighted by Crippen LogP contribution is -2.20. The van der Waals surface area contributed by atoms with Crippen LogP contribution in [0.2, 0.25) is 0 Å². The van der Waals surface area contributed by atoms with Gasteiger partial charge in [0.1, 0.15) is 22.3 Å². The Balaban J connectivity index is 0.957. The second kappa shape index (κ2) is 12.9. The van der Waals surface area contributed by atoms with Gasteiger partial charge in [-0.1, -0.05) is 106 Å². The number of rotatable bonds is 5. The van der Waals surface area contributed by atoms with Gasteiger partial charge in [-0.15, -0.1) is 0 Å². The van der Waals surface area contributed by atoms with Crippen molar-refractivity contribution in [3.8, 4) is 0 Å². The summed E-state index contributed by atoms with van der Waals surface area (Å²) >= 11 is 0. The lowest BCUT2D eigenvalue weighted by atomic mass is 9.86. The van der Waals surface area contributed by atoms with Crippen LogP contribution in [-0.4, -0.2) is 0 Å². The Hall–Kier alpha value is -7.30. The smallest absolute Gasteiger partial charge is 0.136 e. The Labute approximate surface area is 342 Å². The summed E-state index contributed by atoms with van der Waals surface area (Å²) in [5, 5.41) is 8.88. The highest BCUT2D eigenvalue weighted by Crippen LogP contribution is 2.50. The molecule has 0 atom stereocenters. The molecule has 1 aliphatic heterocycles. The van der Waals surface area contributed by atoms with Gasteiger partial charge in [-0.25, -0.2) is 0 Å². The maximum absolute atomic E-state index is 6.68. The van der Waals surface area contributed by atoms with Crippen LogP contribution in [0.3, 0.4) is 0 Å². The average molecular weight is 761 g/mol. The van der Waals surface area contributed by atoms with Crippen molar-refractivity contribution < 1.29 is 8.83 Å². The van der Waals surface area contributed by atoms with Crippen molar-refractivity contribution in [3.63, 3.8) is 0 Å². The molecular weight excluding hydrogens is 721 g/mol. The maximum atomic E-state index is 6.68. The number of hydrogen-bond acceptors (Lipinski definition) is 4. The van der Waals surface area contributed by atoms with Crippen molar-refractivity contribution in [1.82, 2.24) is 0 Å². The molecule has 282 valence electrons. The Bertz CT molecular complexity index is 3420. The van der Waals surface area contributed by atoms with Gasteiger partial charge in [-0.3, -0.25) is 0 Å². The van der Waals surface area contributed by atoms with Crippen molar-refractivity contribution in [2.45, 2.75) is 32.6 Å². The second-order valence-corrected chi connectivity index (χ2v) is 16.4. The Morgan fingerprint density at radius 2 is 0.983 bits per heavy atom. The fourth-order valence-electron chi connectivity index (χ4n) is 9.66. The molecule has 0 fully saturated rings. The van der Waals surface area contributed by atoms with E-state index in [9.17, 15) is 0 Å². The zero-order valence-electron chi connectivity index (χ0n) is 33.1. The van der Waals surface area contributed by atoms with Crippen LogP contribution in [0.1, 0.15) is 49.3 Å². The number of anilines is 6. The highest BCUT2D eigenvalue weighted by Gasteiger charge is 2.28. The molecular formula is C55H40N2O2. The molecule has 1 aliphatic rings. The zero-order chi connectivity index (χ0) is 39.4. The van der Waals surface area contributed by atoms with E-state index in [2.05, 4.69) is 206 Å². The minimum Gasteiger partial charge on any atom is -0.456 e. The molecule has 59 heavy (non-hydrogen) atoms. The predicted molar refractivity (Wildman–Crippen MR) is 247 cm³/mol. The number of furan rings is 2. The highest BCUT2D eigenvalue weighted by molar-refractivity contribution is 6.18. The second-order valence-electron chi connectivity index (χ2n) is 16.4. The van der Waals surface area contributed by atoms with Crippen molar-refractivity contribution in [2.24, 2.45) is 0 Å². The third-order valence-corrected chi connectivity index (χ3v) is 12.6. The molecule has 0 bridgehead atoms. The minimum absolute atomic E-state index is 0.326. The molecule has 0 saturated carbocycles. The average Bonchev–Trinajstić information content (AvgIpc) is 3.80. The summed E-state index contributed by atoms with van der Waals surface area (Å²) in [6.07, 6.45) is 0. The minimum atomic E-state index is 0.326. The van der Waals surface area contributed by atoms with E-state index < -0.39 is 0 Å².